The predicted molar refractivity (Wildman–Crippen MR) is 76.0 cm³/mol. The van der Waals surface area contributed by atoms with Crippen LogP contribution < -0.4 is 5.32 Å². The number of hydrogen-bond donors (Lipinski definition) is 1. The molecular formula is C14H24N2OS. The molecule has 18 heavy (non-hydrogen) atoms. The number of rotatable bonds is 6. The molecule has 0 bridgehead atoms. The van der Waals surface area contributed by atoms with Crippen LogP contribution in [0.15, 0.2) is 10.9 Å². The van der Waals surface area contributed by atoms with E-state index < -0.39 is 0 Å². The van der Waals surface area contributed by atoms with E-state index in [1.165, 1.54) is 5.69 Å². The molecule has 3 nitrogen and oxygen atoms in total. The van der Waals surface area contributed by atoms with Crippen molar-refractivity contribution in [3.63, 3.8) is 0 Å². The van der Waals surface area contributed by atoms with Crippen molar-refractivity contribution in [2.24, 2.45) is 11.3 Å². The topological polar surface area (TPSA) is 34.2 Å². The minimum Gasteiger partial charge on any atom is -0.378 e. The molecule has 0 aliphatic carbocycles. The van der Waals surface area contributed by atoms with E-state index >= 15 is 0 Å². The van der Waals surface area contributed by atoms with Crippen LogP contribution in [0.5, 0.6) is 0 Å². The average Bonchev–Trinajstić information content (AvgIpc) is 2.91. The Labute approximate surface area is 114 Å². The lowest BCUT2D eigenvalue weighted by Gasteiger charge is -2.32. The van der Waals surface area contributed by atoms with E-state index in [0.717, 1.165) is 32.5 Å². The average molecular weight is 268 g/mol. The monoisotopic (exact) mass is 268 g/mol. The Kier molecular flexibility index (Phi) is 4.76. The van der Waals surface area contributed by atoms with Gasteiger partial charge < -0.3 is 10.1 Å². The second kappa shape index (κ2) is 6.13. The molecule has 1 saturated heterocycles. The lowest BCUT2D eigenvalue weighted by molar-refractivity contribution is 0.0623. The van der Waals surface area contributed by atoms with Gasteiger partial charge in [-0.1, -0.05) is 13.8 Å². The van der Waals surface area contributed by atoms with Crippen LogP contribution in [-0.4, -0.2) is 30.8 Å². The Hall–Kier alpha value is -0.450. The second-order valence-electron chi connectivity index (χ2n) is 5.81. The van der Waals surface area contributed by atoms with E-state index in [1.807, 2.05) is 5.51 Å². The summed E-state index contributed by atoms with van der Waals surface area (Å²) in [4.78, 5) is 4.44. The quantitative estimate of drug-likeness (QED) is 0.861. The fraction of sp³-hybridized carbons (Fsp3) is 0.786. The van der Waals surface area contributed by atoms with Crippen molar-refractivity contribution in [3.8, 4) is 0 Å². The van der Waals surface area contributed by atoms with Gasteiger partial charge in [0.25, 0.3) is 0 Å². The van der Waals surface area contributed by atoms with Gasteiger partial charge in [0.1, 0.15) is 0 Å². The molecule has 0 aromatic carbocycles. The molecule has 1 aromatic heterocycles. The summed E-state index contributed by atoms with van der Waals surface area (Å²) in [6.45, 7) is 9.68. The van der Waals surface area contributed by atoms with Crippen LogP contribution in [0, 0.1) is 11.3 Å². The van der Waals surface area contributed by atoms with Crippen molar-refractivity contribution in [2.45, 2.75) is 39.7 Å². The second-order valence-corrected chi connectivity index (χ2v) is 6.53. The summed E-state index contributed by atoms with van der Waals surface area (Å²) in [5.41, 5.74) is 3.36. The summed E-state index contributed by atoms with van der Waals surface area (Å²) in [5.74, 6) is 0.693. The van der Waals surface area contributed by atoms with E-state index in [2.05, 4.69) is 36.5 Å². The molecule has 4 heteroatoms. The van der Waals surface area contributed by atoms with Crippen LogP contribution in [0.3, 0.4) is 0 Å². The highest BCUT2D eigenvalue weighted by molar-refractivity contribution is 7.07. The minimum absolute atomic E-state index is 0.225. The Morgan fingerprint density at radius 1 is 1.61 bits per heavy atom. The van der Waals surface area contributed by atoms with Crippen LogP contribution in [0.2, 0.25) is 0 Å². The summed E-state index contributed by atoms with van der Waals surface area (Å²) in [7, 11) is 0. The van der Waals surface area contributed by atoms with Gasteiger partial charge in [0.2, 0.25) is 0 Å². The molecule has 1 aliphatic heterocycles. The van der Waals surface area contributed by atoms with Crippen molar-refractivity contribution < 1.29 is 4.74 Å². The van der Waals surface area contributed by atoms with E-state index in [9.17, 15) is 0 Å². The van der Waals surface area contributed by atoms with Gasteiger partial charge in [-0.2, -0.15) is 0 Å². The molecule has 1 aliphatic rings. The largest absolute Gasteiger partial charge is 0.378 e. The molecule has 0 radical (unpaired) electrons. The lowest BCUT2D eigenvalue weighted by atomic mass is 9.77. The van der Waals surface area contributed by atoms with Crippen LogP contribution in [0.1, 0.15) is 32.9 Å². The van der Waals surface area contributed by atoms with Crippen LogP contribution in [0.25, 0.3) is 0 Å². The molecule has 2 unspecified atom stereocenters. The summed E-state index contributed by atoms with van der Waals surface area (Å²) in [5, 5.41) is 5.77. The number of nitrogens with one attached hydrogen (secondary N) is 1. The van der Waals surface area contributed by atoms with E-state index in [4.69, 9.17) is 4.74 Å². The van der Waals surface area contributed by atoms with Gasteiger partial charge in [0, 0.05) is 23.9 Å². The molecule has 2 rings (SSSR count). The summed E-state index contributed by atoms with van der Waals surface area (Å²) in [6.07, 6.45) is 2.48. The van der Waals surface area contributed by atoms with Crippen molar-refractivity contribution in [3.05, 3.63) is 16.6 Å². The Balaban J connectivity index is 1.99. The molecule has 0 saturated carbocycles. The highest BCUT2D eigenvalue weighted by Crippen LogP contribution is 2.37. The van der Waals surface area contributed by atoms with Gasteiger partial charge in [-0.25, -0.2) is 4.98 Å². The van der Waals surface area contributed by atoms with E-state index in [-0.39, 0.29) is 5.41 Å². The highest BCUT2D eigenvalue weighted by atomic mass is 32.1. The molecule has 0 amide bonds. The predicted octanol–water partition coefficient (Wildman–Crippen LogP) is 2.73. The summed E-state index contributed by atoms with van der Waals surface area (Å²) in [6, 6.07) is 0. The maximum Gasteiger partial charge on any atom is 0.0794 e. The third-order valence-electron chi connectivity index (χ3n) is 3.88. The highest BCUT2D eigenvalue weighted by Gasteiger charge is 2.41. The maximum atomic E-state index is 5.81. The summed E-state index contributed by atoms with van der Waals surface area (Å²) < 4.78 is 5.81. The minimum atomic E-state index is 0.225. The van der Waals surface area contributed by atoms with Crippen molar-refractivity contribution in [1.29, 1.82) is 0 Å². The first-order valence-electron chi connectivity index (χ1n) is 6.82. The van der Waals surface area contributed by atoms with Gasteiger partial charge in [-0.3, -0.25) is 0 Å². The molecule has 0 spiro atoms. The number of ether oxygens (including phenoxy) is 1. The molecular weight excluding hydrogens is 244 g/mol. The number of hydrogen-bond acceptors (Lipinski definition) is 4. The number of nitrogens with zero attached hydrogens (tertiary/aromatic N) is 1. The first kappa shape index (κ1) is 14.0. The number of thiazole rings is 1. The van der Waals surface area contributed by atoms with Gasteiger partial charge in [0.05, 0.1) is 17.3 Å². The van der Waals surface area contributed by atoms with Crippen LogP contribution in [0.4, 0.5) is 0 Å². The van der Waals surface area contributed by atoms with Gasteiger partial charge in [0.15, 0.2) is 0 Å². The SMILES string of the molecule is CC(C)CNCC1(Cc2cscn2)CCOC1C. The molecule has 1 aromatic rings. The molecule has 102 valence electrons. The molecule has 2 heterocycles. The van der Waals surface area contributed by atoms with Crippen molar-refractivity contribution in [2.75, 3.05) is 19.7 Å². The Bertz CT molecular complexity index is 353. The maximum absolute atomic E-state index is 5.81. The normalized spacial score (nSPS) is 28.1. The van der Waals surface area contributed by atoms with Gasteiger partial charge >= 0.3 is 0 Å². The third kappa shape index (κ3) is 3.31. The first-order chi connectivity index (χ1) is 8.62. The smallest absolute Gasteiger partial charge is 0.0794 e. The Morgan fingerprint density at radius 2 is 2.44 bits per heavy atom. The summed E-state index contributed by atoms with van der Waals surface area (Å²) >= 11 is 1.68. The standard InChI is InChI=1S/C14H24N2OS/c1-11(2)7-15-9-14(4-5-17-12(14)3)6-13-8-18-10-16-13/h8,10-12,15H,4-7,9H2,1-3H3. The zero-order valence-corrected chi connectivity index (χ0v) is 12.4. The fourth-order valence-electron chi connectivity index (χ4n) is 2.64. The Morgan fingerprint density at radius 3 is 3.00 bits per heavy atom. The molecule has 1 N–H and O–H groups in total. The molecule has 1 fully saturated rings. The van der Waals surface area contributed by atoms with Crippen LogP contribution >= 0.6 is 11.3 Å². The van der Waals surface area contributed by atoms with Crippen molar-refractivity contribution in [1.82, 2.24) is 10.3 Å². The molecule has 2 atom stereocenters. The fourth-order valence-corrected chi connectivity index (χ4v) is 3.20. The van der Waals surface area contributed by atoms with Gasteiger partial charge in [-0.05, 0) is 32.2 Å². The lowest BCUT2D eigenvalue weighted by Crippen LogP contribution is -2.42. The van der Waals surface area contributed by atoms with Gasteiger partial charge in [-0.15, -0.1) is 11.3 Å². The number of aromatic nitrogens is 1. The van der Waals surface area contributed by atoms with E-state index in [0.29, 0.717) is 12.0 Å². The first-order valence-corrected chi connectivity index (χ1v) is 7.76. The van der Waals surface area contributed by atoms with E-state index in [1.54, 1.807) is 11.3 Å². The third-order valence-corrected chi connectivity index (χ3v) is 4.51. The zero-order chi connectivity index (χ0) is 13.0. The zero-order valence-electron chi connectivity index (χ0n) is 11.6. The van der Waals surface area contributed by atoms with Crippen LogP contribution in [-0.2, 0) is 11.2 Å². The van der Waals surface area contributed by atoms with Crippen molar-refractivity contribution >= 4 is 11.3 Å².